The molecule has 4 heteroatoms. The fourth-order valence-electron chi connectivity index (χ4n) is 6.03. The average molecular weight is 518 g/mol. The third-order valence-electron chi connectivity index (χ3n) is 7.82. The molecule has 0 bridgehead atoms. The Balaban J connectivity index is 1.67. The van der Waals surface area contributed by atoms with E-state index in [2.05, 4.69) is 101 Å². The first kappa shape index (κ1) is 24.0. The smallest absolute Gasteiger partial charge is 0.160 e. The lowest BCUT2D eigenvalue weighted by atomic mass is 9.77. The molecule has 192 valence electrons. The predicted molar refractivity (Wildman–Crippen MR) is 160 cm³/mol. The maximum absolute atomic E-state index is 12.5. The SMILES string of the molecule is Cc1cc(-c2nn(C(c3ccccc3)(c3ccccc3)c3ccccc3)c3cc4c(cc23)C=CC(=O)C4)ccn1. The first-order valence-electron chi connectivity index (χ1n) is 13.5. The van der Waals surface area contributed by atoms with E-state index in [0.29, 0.717) is 6.42 Å². The summed E-state index contributed by atoms with van der Waals surface area (Å²) in [5, 5.41) is 6.51. The second-order valence-electron chi connectivity index (χ2n) is 10.3. The highest BCUT2D eigenvalue weighted by Crippen LogP contribution is 2.44. The van der Waals surface area contributed by atoms with Crippen molar-refractivity contribution >= 4 is 22.8 Å². The molecule has 0 aliphatic heterocycles. The van der Waals surface area contributed by atoms with Crippen LogP contribution in [0.15, 0.2) is 128 Å². The summed E-state index contributed by atoms with van der Waals surface area (Å²) in [4.78, 5) is 16.9. The van der Waals surface area contributed by atoms with E-state index in [0.717, 1.165) is 55.7 Å². The molecule has 0 N–H and O–H groups in total. The molecule has 0 fully saturated rings. The third-order valence-corrected chi connectivity index (χ3v) is 7.82. The van der Waals surface area contributed by atoms with Gasteiger partial charge >= 0.3 is 0 Å². The van der Waals surface area contributed by atoms with Crippen LogP contribution >= 0.6 is 0 Å². The summed E-state index contributed by atoms with van der Waals surface area (Å²) in [6.45, 7) is 2.00. The van der Waals surface area contributed by atoms with Crippen LogP contribution in [0.3, 0.4) is 0 Å². The Hall–Kier alpha value is -5.09. The molecule has 0 unspecified atom stereocenters. The van der Waals surface area contributed by atoms with E-state index >= 15 is 0 Å². The van der Waals surface area contributed by atoms with Gasteiger partial charge in [0.05, 0.1) is 5.52 Å². The summed E-state index contributed by atoms with van der Waals surface area (Å²) in [7, 11) is 0. The number of benzene rings is 4. The van der Waals surface area contributed by atoms with Gasteiger partial charge in [-0.2, -0.15) is 5.10 Å². The van der Waals surface area contributed by atoms with Crippen molar-refractivity contribution in [2.75, 3.05) is 0 Å². The summed E-state index contributed by atoms with van der Waals surface area (Å²) in [6.07, 6.45) is 5.83. The largest absolute Gasteiger partial charge is 0.294 e. The molecule has 0 amide bonds. The number of hydrogen-bond acceptors (Lipinski definition) is 3. The molecule has 40 heavy (non-hydrogen) atoms. The van der Waals surface area contributed by atoms with Gasteiger partial charge in [-0.1, -0.05) is 97.1 Å². The highest BCUT2D eigenvalue weighted by atomic mass is 16.1. The van der Waals surface area contributed by atoms with Crippen LogP contribution in [0, 0.1) is 6.92 Å². The normalized spacial score (nSPS) is 13.0. The number of rotatable bonds is 5. The van der Waals surface area contributed by atoms with Crippen LogP contribution in [0.2, 0.25) is 0 Å². The van der Waals surface area contributed by atoms with E-state index in [1.807, 2.05) is 43.5 Å². The minimum absolute atomic E-state index is 0.114. The fraction of sp³-hybridized carbons (Fsp3) is 0.0833. The topological polar surface area (TPSA) is 47.8 Å². The fourth-order valence-corrected chi connectivity index (χ4v) is 6.03. The lowest BCUT2D eigenvalue weighted by molar-refractivity contribution is -0.114. The van der Waals surface area contributed by atoms with Crippen molar-refractivity contribution in [3.05, 3.63) is 161 Å². The van der Waals surface area contributed by atoms with Crippen LogP contribution < -0.4 is 0 Å². The van der Waals surface area contributed by atoms with E-state index < -0.39 is 5.54 Å². The number of fused-ring (bicyclic) bond motifs is 2. The zero-order chi connectivity index (χ0) is 27.1. The molecule has 0 saturated carbocycles. The van der Waals surface area contributed by atoms with Gasteiger partial charge < -0.3 is 0 Å². The van der Waals surface area contributed by atoms with Gasteiger partial charge in [-0.3, -0.25) is 9.78 Å². The van der Waals surface area contributed by atoms with E-state index in [-0.39, 0.29) is 5.78 Å². The molecule has 7 rings (SSSR count). The minimum Gasteiger partial charge on any atom is -0.294 e. The molecule has 0 saturated heterocycles. The van der Waals surface area contributed by atoms with Crippen LogP contribution in [-0.4, -0.2) is 20.5 Å². The molecular weight excluding hydrogens is 490 g/mol. The zero-order valence-corrected chi connectivity index (χ0v) is 22.2. The standard InChI is InChI=1S/C36H27N3O/c1-25-21-27(19-20-37-25)35-33-23-26-17-18-32(40)22-28(26)24-34(33)39(38-35)36(29-11-5-2-6-12-29,30-13-7-3-8-14-30)31-15-9-4-10-16-31/h2-21,23-24H,22H2,1H3. The number of nitrogens with zero attached hydrogens (tertiary/aromatic N) is 3. The van der Waals surface area contributed by atoms with Gasteiger partial charge in [0.2, 0.25) is 0 Å². The number of pyridine rings is 1. The summed E-state index contributed by atoms with van der Waals surface area (Å²) in [5.74, 6) is 0.114. The van der Waals surface area contributed by atoms with Crippen molar-refractivity contribution in [3.63, 3.8) is 0 Å². The first-order valence-corrected chi connectivity index (χ1v) is 13.5. The lowest BCUT2D eigenvalue weighted by Gasteiger charge is -2.37. The van der Waals surface area contributed by atoms with Gasteiger partial charge in [0.15, 0.2) is 5.78 Å². The van der Waals surface area contributed by atoms with Gasteiger partial charge in [-0.05, 0) is 65.1 Å². The number of carbonyl (C=O) groups excluding carboxylic acids is 1. The summed E-state index contributed by atoms with van der Waals surface area (Å²) < 4.78 is 2.18. The molecule has 1 aliphatic rings. The molecule has 1 aliphatic carbocycles. The Labute approximate surface area is 233 Å². The molecule has 0 atom stereocenters. The zero-order valence-electron chi connectivity index (χ0n) is 22.2. The average Bonchev–Trinajstić information content (AvgIpc) is 3.36. The minimum atomic E-state index is -0.773. The molecule has 4 nitrogen and oxygen atoms in total. The van der Waals surface area contributed by atoms with E-state index in [1.54, 1.807) is 6.08 Å². The van der Waals surface area contributed by atoms with Crippen molar-refractivity contribution in [3.8, 4) is 11.3 Å². The summed E-state index contributed by atoms with van der Waals surface area (Å²) in [5.41, 5.74) is 8.41. The Morgan fingerprint density at radius 3 is 1.90 bits per heavy atom. The van der Waals surface area contributed by atoms with Crippen molar-refractivity contribution in [1.82, 2.24) is 14.8 Å². The van der Waals surface area contributed by atoms with Crippen LogP contribution in [-0.2, 0) is 16.8 Å². The molecule has 2 heterocycles. The molecule has 6 aromatic rings. The number of ketones is 1. The Morgan fingerprint density at radius 1 is 0.725 bits per heavy atom. The van der Waals surface area contributed by atoms with Crippen LogP contribution in [0.4, 0.5) is 0 Å². The molecule has 0 radical (unpaired) electrons. The first-order chi connectivity index (χ1) is 19.6. The lowest BCUT2D eigenvalue weighted by Crippen LogP contribution is -2.38. The molecule has 2 aromatic heterocycles. The highest BCUT2D eigenvalue weighted by molar-refractivity contribution is 6.02. The number of hydrogen-bond donors (Lipinski definition) is 0. The van der Waals surface area contributed by atoms with E-state index in [4.69, 9.17) is 5.10 Å². The van der Waals surface area contributed by atoms with Gasteiger partial charge in [-0.25, -0.2) is 4.68 Å². The van der Waals surface area contributed by atoms with E-state index in [9.17, 15) is 4.79 Å². The second-order valence-corrected chi connectivity index (χ2v) is 10.3. The number of allylic oxidation sites excluding steroid dienone is 1. The van der Waals surface area contributed by atoms with Crippen LogP contribution in [0.5, 0.6) is 0 Å². The Bertz CT molecular complexity index is 1790. The van der Waals surface area contributed by atoms with Crippen molar-refractivity contribution in [1.29, 1.82) is 0 Å². The monoisotopic (exact) mass is 517 g/mol. The number of aryl methyl sites for hydroxylation is 1. The maximum Gasteiger partial charge on any atom is 0.160 e. The number of carbonyl (C=O) groups is 1. The Kier molecular flexibility index (Phi) is 5.75. The maximum atomic E-state index is 12.5. The summed E-state index contributed by atoms with van der Waals surface area (Å²) >= 11 is 0. The predicted octanol–water partition coefficient (Wildman–Crippen LogP) is 7.39. The van der Waals surface area contributed by atoms with Gasteiger partial charge in [0.1, 0.15) is 11.2 Å². The van der Waals surface area contributed by atoms with Crippen molar-refractivity contribution < 1.29 is 4.79 Å². The second kappa shape index (κ2) is 9.58. The summed E-state index contributed by atoms with van der Waals surface area (Å²) in [6, 6.07) is 40.2. The van der Waals surface area contributed by atoms with E-state index in [1.165, 1.54) is 0 Å². The van der Waals surface area contributed by atoms with Gasteiger partial charge in [0.25, 0.3) is 0 Å². The molecule has 4 aromatic carbocycles. The van der Waals surface area contributed by atoms with Crippen LogP contribution in [0.25, 0.3) is 28.2 Å². The van der Waals surface area contributed by atoms with Crippen molar-refractivity contribution in [2.24, 2.45) is 0 Å². The molecular formula is C36H27N3O. The molecule has 0 spiro atoms. The van der Waals surface area contributed by atoms with Crippen molar-refractivity contribution in [2.45, 2.75) is 18.9 Å². The van der Waals surface area contributed by atoms with Gasteiger partial charge in [0, 0.05) is 29.3 Å². The Morgan fingerprint density at radius 2 is 1.32 bits per heavy atom. The van der Waals surface area contributed by atoms with Crippen LogP contribution in [0.1, 0.15) is 33.5 Å². The quantitative estimate of drug-likeness (QED) is 0.224. The number of aromatic nitrogens is 3. The van der Waals surface area contributed by atoms with Gasteiger partial charge in [-0.15, -0.1) is 0 Å². The third kappa shape index (κ3) is 3.80. The highest BCUT2D eigenvalue weighted by Gasteiger charge is 2.41.